The third-order valence-corrected chi connectivity index (χ3v) is 8.24. The summed E-state index contributed by atoms with van der Waals surface area (Å²) >= 11 is 4.38. The summed E-state index contributed by atoms with van der Waals surface area (Å²) in [5.41, 5.74) is 3.08. The molecule has 4 rings (SSSR count). The molecule has 0 saturated heterocycles. The highest BCUT2D eigenvalue weighted by atomic mass is 32.2. The normalized spacial score (nSPS) is 11.0. The molecule has 188 valence electrons. The minimum absolute atomic E-state index is 0.143. The van der Waals surface area contributed by atoms with E-state index in [1.54, 1.807) is 18.3 Å². The number of ether oxygens (including phenoxy) is 1. The lowest BCUT2D eigenvalue weighted by molar-refractivity contribution is -0.113. The fourth-order valence-corrected chi connectivity index (χ4v) is 6.49. The number of aryl methyl sites for hydroxylation is 1. The van der Waals surface area contributed by atoms with Gasteiger partial charge in [-0.25, -0.2) is 4.79 Å². The monoisotopic (exact) mass is 540 g/mol. The average Bonchev–Trinajstić information content (AvgIpc) is 3.61. The molecule has 1 amide bonds. The van der Waals surface area contributed by atoms with Gasteiger partial charge in [-0.2, -0.15) is 0 Å². The zero-order valence-corrected chi connectivity index (χ0v) is 22.9. The first-order valence-corrected chi connectivity index (χ1v) is 14.6. The van der Waals surface area contributed by atoms with Gasteiger partial charge in [0.25, 0.3) is 0 Å². The van der Waals surface area contributed by atoms with Crippen molar-refractivity contribution in [3.8, 4) is 22.5 Å². The number of nitrogens with one attached hydrogen (secondary N) is 1. The highest BCUT2D eigenvalue weighted by Crippen LogP contribution is 2.36. The molecule has 1 aromatic carbocycles. The van der Waals surface area contributed by atoms with E-state index in [-0.39, 0.29) is 18.3 Å². The van der Waals surface area contributed by atoms with E-state index in [4.69, 9.17) is 4.74 Å². The van der Waals surface area contributed by atoms with E-state index in [0.29, 0.717) is 22.3 Å². The second-order valence-electron chi connectivity index (χ2n) is 7.88. The molecule has 0 atom stereocenters. The maximum Gasteiger partial charge on any atom is 0.341 e. The minimum atomic E-state index is -0.450. The molecule has 0 aliphatic carbocycles. The SMILES string of the molecule is CCCc1cc(-c2nnc(SCC(=O)Nc3scc(-c4ccccc4)c3C(=O)OCC)n2CC)cs1. The predicted molar refractivity (Wildman–Crippen MR) is 148 cm³/mol. The first-order valence-electron chi connectivity index (χ1n) is 11.8. The Bertz CT molecular complexity index is 1330. The van der Waals surface area contributed by atoms with Crippen LogP contribution in [-0.2, 0) is 22.5 Å². The highest BCUT2D eigenvalue weighted by molar-refractivity contribution is 7.99. The summed E-state index contributed by atoms with van der Waals surface area (Å²) < 4.78 is 7.31. The lowest BCUT2D eigenvalue weighted by Crippen LogP contribution is -2.16. The number of hydrogen-bond donors (Lipinski definition) is 1. The van der Waals surface area contributed by atoms with Gasteiger partial charge in [0.2, 0.25) is 5.91 Å². The predicted octanol–water partition coefficient (Wildman–Crippen LogP) is 6.62. The second kappa shape index (κ2) is 12.3. The van der Waals surface area contributed by atoms with Crippen LogP contribution >= 0.6 is 34.4 Å². The number of rotatable bonds is 11. The maximum absolute atomic E-state index is 12.9. The van der Waals surface area contributed by atoms with Crippen LogP contribution in [0.2, 0.25) is 0 Å². The number of benzene rings is 1. The molecule has 0 radical (unpaired) electrons. The number of aromatic nitrogens is 3. The third kappa shape index (κ3) is 5.88. The summed E-state index contributed by atoms with van der Waals surface area (Å²) in [7, 11) is 0. The first-order chi connectivity index (χ1) is 17.5. The smallest absolute Gasteiger partial charge is 0.341 e. The quantitative estimate of drug-likeness (QED) is 0.170. The number of carbonyl (C=O) groups excluding carboxylic acids is 2. The Balaban J connectivity index is 1.48. The first kappa shape index (κ1) is 26.1. The van der Waals surface area contributed by atoms with Gasteiger partial charge in [0, 0.05) is 33.3 Å². The molecule has 1 N–H and O–H groups in total. The van der Waals surface area contributed by atoms with Gasteiger partial charge < -0.3 is 14.6 Å². The Morgan fingerprint density at radius 3 is 2.58 bits per heavy atom. The van der Waals surface area contributed by atoms with Crippen LogP contribution in [0.4, 0.5) is 5.00 Å². The van der Waals surface area contributed by atoms with E-state index in [0.717, 1.165) is 35.4 Å². The van der Waals surface area contributed by atoms with E-state index < -0.39 is 5.97 Å². The van der Waals surface area contributed by atoms with Crippen LogP contribution in [0, 0.1) is 0 Å². The molecular formula is C26H28N4O3S3. The Labute approximate surface area is 222 Å². The summed E-state index contributed by atoms with van der Waals surface area (Å²) in [5.74, 6) is 0.285. The van der Waals surface area contributed by atoms with Gasteiger partial charge in [-0.15, -0.1) is 32.9 Å². The number of thioether (sulfide) groups is 1. The van der Waals surface area contributed by atoms with Crippen molar-refractivity contribution in [3.63, 3.8) is 0 Å². The van der Waals surface area contributed by atoms with Gasteiger partial charge in [0.05, 0.1) is 12.4 Å². The van der Waals surface area contributed by atoms with Crippen molar-refractivity contribution in [1.82, 2.24) is 14.8 Å². The van der Waals surface area contributed by atoms with Crippen LogP contribution in [0.15, 0.2) is 52.3 Å². The van der Waals surface area contributed by atoms with Crippen molar-refractivity contribution in [2.75, 3.05) is 17.7 Å². The van der Waals surface area contributed by atoms with Gasteiger partial charge in [-0.1, -0.05) is 55.4 Å². The summed E-state index contributed by atoms with van der Waals surface area (Å²) in [6, 6.07) is 11.8. The van der Waals surface area contributed by atoms with Crippen molar-refractivity contribution >= 4 is 51.3 Å². The van der Waals surface area contributed by atoms with Crippen molar-refractivity contribution in [3.05, 3.63) is 57.6 Å². The maximum atomic E-state index is 12.9. The van der Waals surface area contributed by atoms with Crippen LogP contribution in [0.1, 0.15) is 42.4 Å². The van der Waals surface area contributed by atoms with E-state index in [1.165, 1.54) is 28.0 Å². The van der Waals surface area contributed by atoms with Crippen molar-refractivity contribution < 1.29 is 14.3 Å². The summed E-state index contributed by atoms with van der Waals surface area (Å²) in [4.78, 5) is 27.0. The van der Waals surface area contributed by atoms with E-state index in [1.807, 2.05) is 47.2 Å². The van der Waals surface area contributed by atoms with Crippen LogP contribution in [0.25, 0.3) is 22.5 Å². The number of amides is 1. The lowest BCUT2D eigenvalue weighted by atomic mass is 10.0. The summed E-state index contributed by atoms with van der Waals surface area (Å²) in [6.07, 6.45) is 2.15. The second-order valence-corrected chi connectivity index (χ2v) is 10.7. The van der Waals surface area contributed by atoms with Gasteiger partial charge in [-0.3, -0.25) is 4.79 Å². The van der Waals surface area contributed by atoms with Crippen LogP contribution in [-0.4, -0.2) is 39.0 Å². The Hall–Kier alpha value is -2.95. The summed E-state index contributed by atoms with van der Waals surface area (Å²) in [5, 5.41) is 16.8. The Kier molecular flexibility index (Phi) is 8.95. The third-order valence-electron chi connectivity index (χ3n) is 5.38. The van der Waals surface area contributed by atoms with Crippen molar-refractivity contribution in [1.29, 1.82) is 0 Å². The number of carbonyl (C=O) groups is 2. The van der Waals surface area contributed by atoms with E-state index in [2.05, 4.69) is 33.9 Å². The zero-order chi connectivity index (χ0) is 25.5. The molecule has 0 saturated carbocycles. The van der Waals surface area contributed by atoms with Crippen LogP contribution in [0.3, 0.4) is 0 Å². The topological polar surface area (TPSA) is 86.1 Å². The molecule has 0 bridgehead atoms. The van der Waals surface area contributed by atoms with Gasteiger partial charge >= 0.3 is 5.97 Å². The molecule has 0 aliphatic rings. The molecule has 10 heteroatoms. The molecule has 36 heavy (non-hydrogen) atoms. The summed E-state index contributed by atoms with van der Waals surface area (Å²) in [6.45, 7) is 6.93. The number of esters is 1. The molecule has 0 unspecified atom stereocenters. The zero-order valence-electron chi connectivity index (χ0n) is 20.4. The Morgan fingerprint density at radius 2 is 1.86 bits per heavy atom. The number of nitrogens with zero attached hydrogens (tertiary/aromatic N) is 3. The number of anilines is 1. The molecule has 0 spiro atoms. The molecular weight excluding hydrogens is 513 g/mol. The Morgan fingerprint density at radius 1 is 1.06 bits per heavy atom. The fraction of sp³-hybridized carbons (Fsp3) is 0.308. The van der Waals surface area contributed by atoms with E-state index >= 15 is 0 Å². The molecule has 3 heterocycles. The molecule has 3 aromatic heterocycles. The standard InChI is InChI=1S/C26H28N4O3S3/c1-4-10-19-13-18(14-34-19)23-28-29-26(30(23)5-2)36-16-21(31)27-24-22(25(32)33-6-3)20(15-35-24)17-11-8-7-9-12-17/h7-9,11-15H,4-6,10,16H2,1-3H3,(H,27,31). The lowest BCUT2D eigenvalue weighted by Gasteiger charge is -2.09. The van der Waals surface area contributed by atoms with Crippen molar-refractivity contribution in [2.45, 2.75) is 45.3 Å². The molecule has 0 aliphatic heterocycles. The average molecular weight is 541 g/mol. The minimum Gasteiger partial charge on any atom is -0.462 e. The van der Waals surface area contributed by atoms with Crippen molar-refractivity contribution in [2.24, 2.45) is 0 Å². The largest absolute Gasteiger partial charge is 0.462 e. The van der Waals surface area contributed by atoms with Crippen LogP contribution < -0.4 is 5.32 Å². The molecule has 0 fully saturated rings. The highest BCUT2D eigenvalue weighted by Gasteiger charge is 2.23. The fourth-order valence-electron chi connectivity index (χ4n) is 3.75. The number of hydrogen-bond acceptors (Lipinski definition) is 8. The molecule has 4 aromatic rings. The van der Waals surface area contributed by atoms with Gasteiger partial charge in [-0.05, 0) is 31.9 Å². The molecule has 7 nitrogen and oxygen atoms in total. The number of thiophene rings is 2. The van der Waals surface area contributed by atoms with Crippen LogP contribution in [0.5, 0.6) is 0 Å². The van der Waals surface area contributed by atoms with E-state index in [9.17, 15) is 9.59 Å². The van der Waals surface area contributed by atoms with Gasteiger partial charge in [0.1, 0.15) is 10.6 Å². The van der Waals surface area contributed by atoms with Gasteiger partial charge in [0.15, 0.2) is 11.0 Å².